The highest BCUT2D eigenvalue weighted by Gasteiger charge is 2.23. The van der Waals surface area contributed by atoms with Crippen LogP contribution in [-0.4, -0.2) is 46.8 Å². The van der Waals surface area contributed by atoms with Crippen molar-refractivity contribution < 1.29 is 8.42 Å². The highest BCUT2D eigenvalue weighted by atomic mass is 32.2. The molecular formula is C20H26N4O2S. The van der Waals surface area contributed by atoms with Crippen LogP contribution in [-0.2, 0) is 16.4 Å². The maximum Gasteiger partial charge on any atom is 0.191 e. The van der Waals surface area contributed by atoms with E-state index in [2.05, 4.69) is 44.8 Å². The molecule has 1 aliphatic heterocycles. The molecule has 0 amide bonds. The van der Waals surface area contributed by atoms with Crippen LogP contribution in [0, 0.1) is 0 Å². The average Bonchev–Trinajstić information content (AvgIpc) is 3.14. The molecule has 2 aromatic carbocycles. The minimum Gasteiger partial charge on any atom is -0.369 e. The molecule has 2 N–H and O–H groups in total. The minimum atomic E-state index is -3.16. The quantitative estimate of drug-likeness (QED) is 0.608. The molecule has 1 atom stereocenters. The average molecular weight is 387 g/mol. The molecule has 7 heteroatoms. The molecule has 1 saturated heterocycles. The lowest BCUT2D eigenvalue weighted by atomic mass is 10.2. The SMILES string of the molecule is CN=C(NCc1ccc(S(C)(=O)=O)cc1)NC1CCN(c2ccccc2)C1. The van der Waals surface area contributed by atoms with Gasteiger partial charge in [0.05, 0.1) is 4.90 Å². The van der Waals surface area contributed by atoms with Gasteiger partial charge in [0.1, 0.15) is 0 Å². The molecular weight excluding hydrogens is 360 g/mol. The van der Waals surface area contributed by atoms with Crippen LogP contribution in [0.3, 0.4) is 0 Å². The number of hydrogen-bond donors (Lipinski definition) is 2. The zero-order valence-corrected chi connectivity index (χ0v) is 16.5. The highest BCUT2D eigenvalue weighted by molar-refractivity contribution is 7.90. The van der Waals surface area contributed by atoms with E-state index in [1.165, 1.54) is 11.9 Å². The van der Waals surface area contributed by atoms with E-state index in [0.29, 0.717) is 17.5 Å². The first-order valence-electron chi connectivity index (χ1n) is 9.02. The van der Waals surface area contributed by atoms with Gasteiger partial charge in [-0.2, -0.15) is 0 Å². The normalized spacial score (nSPS) is 17.8. The lowest BCUT2D eigenvalue weighted by Gasteiger charge is -2.20. The summed E-state index contributed by atoms with van der Waals surface area (Å²) in [6.45, 7) is 2.54. The fraction of sp³-hybridized carbons (Fsp3) is 0.350. The van der Waals surface area contributed by atoms with Crippen molar-refractivity contribution in [1.29, 1.82) is 0 Å². The molecule has 2 aromatic rings. The van der Waals surface area contributed by atoms with Crippen molar-refractivity contribution in [2.45, 2.75) is 23.9 Å². The van der Waals surface area contributed by atoms with Crippen molar-refractivity contribution in [3.05, 3.63) is 60.2 Å². The first kappa shape index (κ1) is 19.2. The Morgan fingerprint density at radius 2 is 1.85 bits per heavy atom. The van der Waals surface area contributed by atoms with Gasteiger partial charge in [0, 0.05) is 44.7 Å². The number of para-hydroxylation sites is 1. The van der Waals surface area contributed by atoms with E-state index in [0.717, 1.165) is 31.0 Å². The van der Waals surface area contributed by atoms with Gasteiger partial charge in [0.2, 0.25) is 0 Å². The van der Waals surface area contributed by atoms with Gasteiger partial charge in [0.15, 0.2) is 15.8 Å². The molecule has 0 radical (unpaired) electrons. The summed E-state index contributed by atoms with van der Waals surface area (Å²) in [5, 5.41) is 6.77. The summed E-state index contributed by atoms with van der Waals surface area (Å²) in [4.78, 5) is 7.01. The van der Waals surface area contributed by atoms with E-state index in [-0.39, 0.29) is 0 Å². The van der Waals surface area contributed by atoms with Crippen molar-refractivity contribution in [1.82, 2.24) is 10.6 Å². The molecule has 1 heterocycles. The number of benzene rings is 2. The zero-order chi connectivity index (χ0) is 19.3. The van der Waals surface area contributed by atoms with Gasteiger partial charge in [-0.05, 0) is 36.2 Å². The first-order valence-corrected chi connectivity index (χ1v) is 10.9. The Morgan fingerprint density at radius 1 is 1.15 bits per heavy atom. The van der Waals surface area contributed by atoms with Crippen LogP contribution >= 0.6 is 0 Å². The third-order valence-electron chi connectivity index (χ3n) is 4.69. The molecule has 0 aromatic heterocycles. The summed E-state index contributed by atoms with van der Waals surface area (Å²) in [5.41, 5.74) is 2.25. The van der Waals surface area contributed by atoms with Gasteiger partial charge in [-0.15, -0.1) is 0 Å². The Morgan fingerprint density at radius 3 is 2.48 bits per heavy atom. The molecule has 0 saturated carbocycles. The number of sulfone groups is 1. The largest absolute Gasteiger partial charge is 0.369 e. The lowest BCUT2D eigenvalue weighted by molar-refractivity contribution is 0.602. The number of anilines is 1. The van der Waals surface area contributed by atoms with Crippen LogP contribution in [0.15, 0.2) is 64.5 Å². The van der Waals surface area contributed by atoms with E-state index in [1.807, 2.05) is 18.2 Å². The van der Waals surface area contributed by atoms with E-state index >= 15 is 0 Å². The van der Waals surface area contributed by atoms with Gasteiger partial charge >= 0.3 is 0 Å². The fourth-order valence-electron chi connectivity index (χ4n) is 3.18. The van der Waals surface area contributed by atoms with Crippen LogP contribution in [0.2, 0.25) is 0 Å². The van der Waals surface area contributed by atoms with Crippen LogP contribution in [0.25, 0.3) is 0 Å². The van der Waals surface area contributed by atoms with Gasteiger partial charge in [-0.3, -0.25) is 4.99 Å². The summed E-state index contributed by atoms with van der Waals surface area (Å²) in [5.74, 6) is 0.752. The molecule has 0 aliphatic carbocycles. The van der Waals surface area contributed by atoms with E-state index in [4.69, 9.17) is 0 Å². The lowest BCUT2D eigenvalue weighted by Crippen LogP contribution is -2.44. The van der Waals surface area contributed by atoms with E-state index < -0.39 is 9.84 Å². The minimum absolute atomic E-state index is 0.334. The summed E-state index contributed by atoms with van der Waals surface area (Å²) in [6, 6.07) is 17.7. The van der Waals surface area contributed by atoms with Crippen molar-refractivity contribution in [3.8, 4) is 0 Å². The number of nitrogens with zero attached hydrogens (tertiary/aromatic N) is 2. The van der Waals surface area contributed by atoms with Gasteiger partial charge in [0.25, 0.3) is 0 Å². The van der Waals surface area contributed by atoms with Crippen LogP contribution in [0.5, 0.6) is 0 Å². The molecule has 0 bridgehead atoms. The second-order valence-electron chi connectivity index (χ2n) is 6.75. The molecule has 144 valence electrons. The fourth-order valence-corrected chi connectivity index (χ4v) is 3.81. The number of rotatable bonds is 5. The van der Waals surface area contributed by atoms with Gasteiger partial charge < -0.3 is 15.5 Å². The molecule has 0 spiro atoms. The van der Waals surface area contributed by atoms with E-state index in [1.54, 1.807) is 19.2 Å². The summed E-state index contributed by atoms with van der Waals surface area (Å²) < 4.78 is 23.1. The summed E-state index contributed by atoms with van der Waals surface area (Å²) in [6.07, 6.45) is 2.27. The monoisotopic (exact) mass is 386 g/mol. The summed E-state index contributed by atoms with van der Waals surface area (Å²) >= 11 is 0. The van der Waals surface area contributed by atoms with E-state index in [9.17, 15) is 8.42 Å². The number of aliphatic imine (C=N–C) groups is 1. The Labute approximate surface area is 161 Å². The zero-order valence-electron chi connectivity index (χ0n) is 15.7. The third kappa shape index (κ3) is 5.23. The van der Waals surface area contributed by atoms with Crippen molar-refractivity contribution in [2.24, 2.45) is 4.99 Å². The Hall–Kier alpha value is -2.54. The van der Waals surface area contributed by atoms with Gasteiger partial charge in [-0.1, -0.05) is 30.3 Å². The first-order chi connectivity index (χ1) is 13.0. The third-order valence-corrected chi connectivity index (χ3v) is 5.81. The van der Waals surface area contributed by atoms with Crippen molar-refractivity contribution >= 4 is 21.5 Å². The predicted molar refractivity (Wildman–Crippen MR) is 110 cm³/mol. The molecule has 1 unspecified atom stereocenters. The maximum atomic E-state index is 11.5. The highest BCUT2D eigenvalue weighted by Crippen LogP contribution is 2.19. The van der Waals surface area contributed by atoms with Crippen molar-refractivity contribution in [2.75, 3.05) is 31.3 Å². The number of hydrogen-bond acceptors (Lipinski definition) is 4. The Kier molecular flexibility index (Phi) is 6.01. The second kappa shape index (κ2) is 8.43. The Balaban J connectivity index is 1.51. The molecule has 27 heavy (non-hydrogen) atoms. The Bertz CT molecular complexity index is 880. The second-order valence-corrected chi connectivity index (χ2v) is 8.77. The standard InChI is InChI=1S/C20H26N4O2S/c1-21-20(22-14-16-8-10-19(11-9-16)27(2,25)26)23-17-12-13-24(15-17)18-6-4-3-5-7-18/h3-11,17H,12-15H2,1-2H3,(H2,21,22,23). The molecule has 3 rings (SSSR count). The molecule has 6 nitrogen and oxygen atoms in total. The van der Waals surface area contributed by atoms with Crippen LogP contribution < -0.4 is 15.5 Å². The topological polar surface area (TPSA) is 73.8 Å². The van der Waals surface area contributed by atoms with Crippen LogP contribution in [0.4, 0.5) is 5.69 Å². The molecule has 1 fully saturated rings. The smallest absolute Gasteiger partial charge is 0.191 e. The van der Waals surface area contributed by atoms with Crippen molar-refractivity contribution in [3.63, 3.8) is 0 Å². The maximum absolute atomic E-state index is 11.5. The number of nitrogens with one attached hydrogen (secondary N) is 2. The van der Waals surface area contributed by atoms with Crippen LogP contribution in [0.1, 0.15) is 12.0 Å². The predicted octanol–water partition coefficient (Wildman–Crippen LogP) is 2.03. The molecule has 1 aliphatic rings. The summed E-state index contributed by atoms with van der Waals surface area (Å²) in [7, 11) is -1.40. The number of guanidine groups is 1. The van der Waals surface area contributed by atoms with Gasteiger partial charge in [-0.25, -0.2) is 8.42 Å².